The zero-order valence-corrected chi connectivity index (χ0v) is 13.8. The molecule has 0 amide bonds. The van der Waals surface area contributed by atoms with Gasteiger partial charge in [0, 0.05) is 6.04 Å². The van der Waals surface area contributed by atoms with Crippen molar-refractivity contribution in [2.24, 2.45) is 4.99 Å². The average Bonchev–Trinajstić information content (AvgIpc) is 2.49. The number of aliphatic imine (C=N–C) groups is 1. The molecule has 0 bridgehead atoms. The Morgan fingerprint density at radius 1 is 1.00 bits per heavy atom. The number of hydrogen-bond donors (Lipinski definition) is 3. The fraction of sp³-hybridized carbons (Fsp3) is 0.941. The van der Waals surface area contributed by atoms with Gasteiger partial charge in [-0.15, -0.1) is 0 Å². The van der Waals surface area contributed by atoms with Crippen LogP contribution in [0, 0.1) is 0 Å². The predicted molar refractivity (Wildman–Crippen MR) is 88.6 cm³/mol. The molecule has 0 aliphatic heterocycles. The first-order valence-corrected chi connectivity index (χ1v) is 8.82. The van der Waals surface area contributed by atoms with Crippen LogP contribution in [0.5, 0.6) is 0 Å². The molecule has 4 nitrogen and oxygen atoms in total. The van der Waals surface area contributed by atoms with Crippen molar-refractivity contribution in [1.82, 2.24) is 10.6 Å². The van der Waals surface area contributed by atoms with E-state index in [1.165, 1.54) is 64.2 Å². The van der Waals surface area contributed by atoms with Gasteiger partial charge in [-0.05, 0) is 39.5 Å². The average molecular weight is 295 g/mol. The molecule has 2 rings (SSSR count). The lowest BCUT2D eigenvalue weighted by molar-refractivity contribution is 0.204. The van der Waals surface area contributed by atoms with Crippen LogP contribution in [0.25, 0.3) is 0 Å². The molecule has 2 aliphatic rings. The Labute approximate surface area is 129 Å². The van der Waals surface area contributed by atoms with Crippen molar-refractivity contribution >= 4 is 5.96 Å². The predicted octanol–water partition coefficient (Wildman–Crippen LogP) is 2.96. The van der Waals surface area contributed by atoms with Gasteiger partial charge >= 0.3 is 0 Å². The first-order valence-electron chi connectivity index (χ1n) is 8.82. The van der Waals surface area contributed by atoms with Gasteiger partial charge in [-0.3, -0.25) is 0 Å². The molecule has 2 fully saturated rings. The van der Waals surface area contributed by atoms with Gasteiger partial charge in [-0.25, -0.2) is 4.99 Å². The van der Waals surface area contributed by atoms with E-state index in [1.807, 2.05) is 13.8 Å². The van der Waals surface area contributed by atoms with Crippen molar-refractivity contribution in [3.05, 3.63) is 0 Å². The molecule has 0 spiro atoms. The summed E-state index contributed by atoms with van der Waals surface area (Å²) in [6, 6.07) is 0.995. The summed E-state index contributed by atoms with van der Waals surface area (Å²) in [4.78, 5) is 4.95. The highest BCUT2D eigenvalue weighted by atomic mass is 16.3. The minimum absolute atomic E-state index is 0.114. The normalized spacial score (nSPS) is 23.1. The highest BCUT2D eigenvalue weighted by Gasteiger charge is 2.22. The monoisotopic (exact) mass is 295 g/mol. The van der Waals surface area contributed by atoms with Gasteiger partial charge in [0.05, 0.1) is 18.2 Å². The minimum Gasteiger partial charge on any atom is -0.394 e. The second-order valence-electron chi connectivity index (χ2n) is 7.42. The Bertz CT molecular complexity index is 329. The largest absolute Gasteiger partial charge is 0.394 e. The maximum atomic E-state index is 9.51. The summed E-state index contributed by atoms with van der Waals surface area (Å²) in [5.41, 5.74) is -0.324. The van der Waals surface area contributed by atoms with Crippen molar-refractivity contribution in [1.29, 1.82) is 0 Å². The molecule has 0 atom stereocenters. The Kier molecular flexibility index (Phi) is 6.34. The number of hydrogen-bond acceptors (Lipinski definition) is 2. The van der Waals surface area contributed by atoms with E-state index >= 15 is 0 Å². The first kappa shape index (κ1) is 16.6. The number of guanidine groups is 1. The Balaban J connectivity index is 1.99. The Hall–Kier alpha value is -0.770. The van der Waals surface area contributed by atoms with Gasteiger partial charge in [0.2, 0.25) is 0 Å². The minimum atomic E-state index is -0.324. The zero-order valence-electron chi connectivity index (χ0n) is 13.8. The summed E-state index contributed by atoms with van der Waals surface area (Å²) in [5, 5.41) is 16.6. The standard InChI is InChI=1S/C17H33N3O/c1-17(2,13-21)20-16(18-14-9-5-3-6-10-14)19-15-11-7-4-8-12-15/h14-15,21H,3-13H2,1-2H3,(H2,18,19,20). The van der Waals surface area contributed by atoms with E-state index in [1.54, 1.807) is 0 Å². The van der Waals surface area contributed by atoms with Crippen molar-refractivity contribution < 1.29 is 5.11 Å². The second kappa shape index (κ2) is 8.02. The zero-order chi connectivity index (χ0) is 15.1. The molecular weight excluding hydrogens is 262 g/mol. The van der Waals surface area contributed by atoms with E-state index in [2.05, 4.69) is 10.6 Å². The molecule has 0 aromatic heterocycles. The topological polar surface area (TPSA) is 56.6 Å². The molecule has 0 heterocycles. The summed E-state index contributed by atoms with van der Waals surface area (Å²) in [6.45, 7) is 4.15. The van der Waals surface area contributed by atoms with Gasteiger partial charge < -0.3 is 15.7 Å². The van der Waals surface area contributed by atoms with Crippen LogP contribution in [0.3, 0.4) is 0 Å². The summed E-state index contributed by atoms with van der Waals surface area (Å²) >= 11 is 0. The second-order valence-corrected chi connectivity index (χ2v) is 7.42. The van der Waals surface area contributed by atoms with Crippen molar-refractivity contribution in [2.75, 3.05) is 6.61 Å². The molecule has 21 heavy (non-hydrogen) atoms. The lowest BCUT2D eigenvalue weighted by atomic mass is 9.95. The van der Waals surface area contributed by atoms with Crippen LogP contribution in [0.15, 0.2) is 4.99 Å². The fourth-order valence-corrected chi connectivity index (χ4v) is 3.30. The van der Waals surface area contributed by atoms with E-state index in [-0.39, 0.29) is 12.1 Å². The van der Waals surface area contributed by atoms with Crippen LogP contribution >= 0.6 is 0 Å². The Morgan fingerprint density at radius 2 is 1.57 bits per heavy atom. The fourth-order valence-electron chi connectivity index (χ4n) is 3.30. The van der Waals surface area contributed by atoms with Crippen LogP contribution in [0.2, 0.25) is 0 Å². The molecule has 2 aliphatic carbocycles. The molecule has 3 N–H and O–H groups in total. The molecule has 0 aromatic carbocycles. The molecule has 0 radical (unpaired) electrons. The van der Waals surface area contributed by atoms with Gasteiger partial charge in [0.25, 0.3) is 0 Å². The quantitative estimate of drug-likeness (QED) is 0.552. The summed E-state index contributed by atoms with van der Waals surface area (Å²) in [5.74, 6) is 0.910. The summed E-state index contributed by atoms with van der Waals surface area (Å²) < 4.78 is 0. The number of nitrogens with zero attached hydrogens (tertiary/aromatic N) is 1. The lowest BCUT2D eigenvalue weighted by Gasteiger charge is -2.31. The van der Waals surface area contributed by atoms with E-state index in [4.69, 9.17) is 4.99 Å². The third kappa shape index (κ3) is 5.85. The molecule has 122 valence electrons. The van der Waals surface area contributed by atoms with Crippen molar-refractivity contribution in [3.63, 3.8) is 0 Å². The van der Waals surface area contributed by atoms with Crippen LogP contribution in [0.1, 0.15) is 78.1 Å². The SMILES string of the molecule is CC(C)(CO)NC(=NC1CCCCC1)NC1CCCCC1. The van der Waals surface area contributed by atoms with Crippen molar-refractivity contribution in [2.45, 2.75) is 95.7 Å². The maximum Gasteiger partial charge on any atom is 0.192 e. The summed E-state index contributed by atoms with van der Waals surface area (Å²) in [7, 11) is 0. The number of aliphatic hydroxyl groups is 1. The van der Waals surface area contributed by atoms with Crippen LogP contribution in [-0.4, -0.2) is 35.3 Å². The molecule has 2 saturated carbocycles. The van der Waals surface area contributed by atoms with Crippen LogP contribution in [0.4, 0.5) is 0 Å². The van der Waals surface area contributed by atoms with Gasteiger partial charge in [-0.2, -0.15) is 0 Å². The molecule has 4 heteroatoms. The Morgan fingerprint density at radius 3 is 2.14 bits per heavy atom. The van der Waals surface area contributed by atoms with Crippen LogP contribution in [-0.2, 0) is 0 Å². The first-order chi connectivity index (χ1) is 10.1. The number of nitrogens with one attached hydrogen (secondary N) is 2. The number of rotatable bonds is 4. The third-order valence-corrected chi connectivity index (χ3v) is 4.68. The van der Waals surface area contributed by atoms with Crippen LogP contribution < -0.4 is 10.6 Å². The van der Waals surface area contributed by atoms with Gasteiger partial charge in [0.15, 0.2) is 5.96 Å². The van der Waals surface area contributed by atoms with E-state index < -0.39 is 0 Å². The molecule has 0 aromatic rings. The van der Waals surface area contributed by atoms with E-state index in [9.17, 15) is 5.11 Å². The highest BCUT2D eigenvalue weighted by Crippen LogP contribution is 2.21. The van der Waals surface area contributed by atoms with Gasteiger partial charge in [0.1, 0.15) is 0 Å². The lowest BCUT2D eigenvalue weighted by Crippen LogP contribution is -2.54. The highest BCUT2D eigenvalue weighted by molar-refractivity contribution is 5.81. The smallest absolute Gasteiger partial charge is 0.192 e. The molecule has 0 saturated heterocycles. The van der Waals surface area contributed by atoms with E-state index in [0.717, 1.165) is 5.96 Å². The summed E-state index contributed by atoms with van der Waals surface area (Å²) in [6.07, 6.45) is 12.8. The van der Waals surface area contributed by atoms with Gasteiger partial charge in [-0.1, -0.05) is 38.5 Å². The third-order valence-electron chi connectivity index (χ3n) is 4.68. The maximum absolute atomic E-state index is 9.51. The van der Waals surface area contributed by atoms with Crippen molar-refractivity contribution in [3.8, 4) is 0 Å². The molecule has 0 unspecified atom stereocenters. The van der Waals surface area contributed by atoms with E-state index in [0.29, 0.717) is 12.1 Å². The number of aliphatic hydroxyl groups excluding tert-OH is 1. The molecular formula is C17H33N3O.